The van der Waals surface area contributed by atoms with Crippen molar-refractivity contribution in [2.45, 2.75) is 33.2 Å². The Morgan fingerprint density at radius 1 is 1.11 bits per heavy atom. The summed E-state index contributed by atoms with van der Waals surface area (Å²) < 4.78 is 5.30. The molecule has 0 saturated heterocycles. The fourth-order valence-electron chi connectivity index (χ4n) is 2.89. The maximum atomic E-state index is 12.4. The molecule has 0 fully saturated rings. The Bertz CT molecular complexity index is 917. The van der Waals surface area contributed by atoms with Gasteiger partial charge in [-0.15, -0.1) is 0 Å². The lowest BCUT2D eigenvalue weighted by molar-refractivity contribution is -0.118. The van der Waals surface area contributed by atoms with Gasteiger partial charge in [0.05, 0.1) is 11.3 Å². The summed E-state index contributed by atoms with van der Waals surface area (Å²) in [5.41, 5.74) is 5.91. The molecule has 2 heterocycles. The summed E-state index contributed by atoms with van der Waals surface area (Å²) >= 11 is 0. The highest BCUT2D eigenvalue weighted by molar-refractivity contribution is 6.40. The standard InChI is InChI=1S/C19H20N4O4/c1-11-9-15(13(3)27-11)18(25)20-21-19(26)16-10-17(12(2)24)23(22-16)14-7-5-4-6-8-14/h4-9,17H,10H2,1-3H3,(H,20,25)(H,21,26). The van der Waals surface area contributed by atoms with Crippen molar-refractivity contribution in [3.05, 3.63) is 53.5 Å². The molecule has 8 heteroatoms. The van der Waals surface area contributed by atoms with Crippen molar-refractivity contribution in [2.75, 3.05) is 5.01 Å². The largest absolute Gasteiger partial charge is 0.466 e. The minimum Gasteiger partial charge on any atom is -0.466 e. The van der Waals surface area contributed by atoms with E-state index < -0.39 is 17.9 Å². The minimum absolute atomic E-state index is 0.0982. The molecule has 1 aliphatic heterocycles. The lowest BCUT2D eigenvalue weighted by Crippen LogP contribution is -2.45. The van der Waals surface area contributed by atoms with E-state index in [9.17, 15) is 14.4 Å². The van der Waals surface area contributed by atoms with Crippen molar-refractivity contribution in [1.29, 1.82) is 0 Å². The Labute approximate surface area is 156 Å². The van der Waals surface area contributed by atoms with Gasteiger partial charge in [0.25, 0.3) is 11.8 Å². The number of Topliss-reactive ketones (excluding diaryl/α,β-unsaturated/α-hetero) is 1. The molecule has 27 heavy (non-hydrogen) atoms. The quantitative estimate of drug-likeness (QED) is 0.802. The zero-order valence-corrected chi connectivity index (χ0v) is 15.3. The first-order valence-electron chi connectivity index (χ1n) is 8.46. The van der Waals surface area contributed by atoms with E-state index in [1.165, 1.54) is 11.9 Å². The second-order valence-electron chi connectivity index (χ2n) is 6.29. The Morgan fingerprint density at radius 2 is 1.78 bits per heavy atom. The molecule has 0 saturated carbocycles. The van der Waals surface area contributed by atoms with Crippen molar-refractivity contribution in [1.82, 2.24) is 10.9 Å². The van der Waals surface area contributed by atoms with Crippen LogP contribution in [0.15, 0.2) is 45.9 Å². The molecule has 2 aromatic rings. The van der Waals surface area contributed by atoms with Gasteiger partial charge in [0.15, 0.2) is 5.78 Å². The number of amides is 2. The van der Waals surface area contributed by atoms with E-state index in [1.807, 2.05) is 30.3 Å². The molecule has 0 bridgehead atoms. The van der Waals surface area contributed by atoms with Gasteiger partial charge in [0.1, 0.15) is 23.3 Å². The van der Waals surface area contributed by atoms with Crippen LogP contribution in [0.5, 0.6) is 0 Å². The number of anilines is 1. The van der Waals surface area contributed by atoms with Gasteiger partial charge in [-0.25, -0.2) is 0 Å². The molecule has 2 N–H and O–H groups in total. The van der Waals surface area contributed by atoms with Crippen LogP contribution in [-0.4, -0.2) is 29.4 Å². The second-order valence-corrected chi connectivity index (χ2v) is 6.29. The zero-order valence-electron chi connectivity index (χ0n) is 15.3. The van der Waals surface area contributed by atoms with E-state index in [-0.39, 0.29) is 17.9 Å². The first-order valence-corrected chi connectivity index (χ1v) is 8.46. The van der Waals surface area contributed by atoms with Crippen LogP contribution < -0.4 is 15.9 Å². The number of ketones is 1. The van der Waals surface area contributed by atoms with Crippen molar-refractivity contribution >= 4 is 29.0 Å². The van der Waals surface area contributed by atoms with Gasteiger partial charge in [-0.05, 0) is 39.0 Å². The number of furan rings is 1. The lowest BCUT2D eigenvalue weighted by atomic mass is 10.1. The molecule has 2 amide bonds. The maximum Gasteiger partial charge on any atom is 0.285 e. The summed E-state index contributed by atoms with van der Waals surface area (Å²) in [6.07, 6.45) is 0.162. The monoisotopic (exact) mass is 368 g/mol. The number of nitrogens with one attached hydrogen (secondary N) is 2. The number of rotatable bonds is 4. The molecule has 1 unspecified atom stereocenters. The first kappa shape index (κ1) is 18.4. The van der Waals surface area contributed by atoms with Gasteiger partial charge in [0.2, 0.25) is 0 Å². The molecule has 0 radical (unpaired) electrons. The van der Waals surface area contributed by atoms with Crippen LogP contribution in [-0.2, 0) is 9.59 Å². The number of nitrogens with zero attached hydrogens (tertiary/aromatic N) is 2. The number of hydrazine groups is 1. The molecule has 1 aromatic carbocycles. The fraction of sp³-hybridized carbons (Fsp3) is 0.263. The molecular weight excluding hydrogens is 348 g/mol. The SMILES string of the molecule is CC(=O)C1CC(C(=O)NNC(=O)c2cc(C)oc2C)=NN1c1ccccc1. The molecule has 3 rings (SSSR count). The van der Waals surface area contributed by atoms with Crippen molar-refractivity contribution < 1.29 is 18.8 Å². The Hall–Kier alpha value is -3.42. The average Bonchev–Trinajstić information content (AvgIpc) is 3.23. The average molecular weight is 368 g/mol. The molecule has 1 atom stereocenters. The molecule has 1 aromatic heterocycles. The molecular formula is C19H20N4O4. The highest BCUT2D eigenvalue weighted by Gasteiger charge is 2.34. The topological polar surface area (TPSA) is 104 Å². The maximum absolute atomic E-state index is 12.4. The summed E-state index contributed by atoms with van der Waals surface area (Å²) in [6.45, 7) is 4.86. The summed E-state index contributed by atoms with van der Waals surface area (Å²) in [5.74, 6) is -0.0829. The van der Waals surface area contributed by atoms with Gasteiger partial charge in [-0.1, -0.05) is 18.2 Å². The van der Waals surface area contributed by atoms with Gasteiger partial charge < -0.3 is 4.42 Å². The lowest BCUT2D eigenvalue weighted by Gasteiger charge is -2.20. The normalized spacial score (nSPS) is 16.0. The van der Waals surface area contributed by atoms with Crippen LogP contribution in [0.1, 0.15) is 35.2 Å². The molecule has 1 aliphatic rings. The van der Waals surface area contributed by atoms with Crippen molar-refractivity contribution in [3.63, 3.8) is 0 Å². The summed E-state index contributed by atoms with van der Waals surface area (Å²) in [7, 11) is 0. The fourth-order valence-corrected chi connectivity index (χ4v) is 2.89. The van der Waals surface area contributed by atoms with Crippen LogP contribution in [0.25, 0.3) is 0 Å². The third-order valence-corrected chi connectivity index (χ3v) is 4.24. The number of hydrazone groups is 1. The Morgan fingerprint density at radius 3 is 2.37 bits per heavy atom. The van der Waals surface area contributed by atoms with Gasteiger partial charge in [-0.2, -0.15) is 5.10 Å². The third kappa shape index (κ3) is 3.89. The van der Waals surface area contributed by atoms with Crippen molar-refractivity contribution in [2.24, 2.45) is 5.10 Å². The van der Waals surface area contributed by atoms with E-state index in [4.69, 9.17) is 4.42 Å². The highest BCUT2D eigenvalue weighted by atomic mass is 16.3. The highest BCUT2D eigenvalue weighted by Crippen LogP contribution is 2.24. The number of para-hydroxylation sites is 1. The Balaban J connectivity index is 1.70. The van der Waals surface area contributed by atoms with E-state index in [1.54, 1.807) is 19.9 Å². The summed E-state index contributed by atoms with van der Waals surface area (Å²) in [6, 6.07) is 10.2. The van der Waals surface area contributed by atoms with Crippen LogP contribution >= 0.6 is 0 Å². The Kier molecular flexibility index (Phi) is 5.07. The van der Waals surface area contributed by atoms with Crippen LogP contribution in [0.4, 0.5) is 5.69 Å². The van der Waals surface area contributed by atoms with Gasteiger partial charge in [-0.3, -0.25) is 30.2 Å². The molecule has 0 aliphatic carbocycles. The van der Waals surface area contributed by atoms with Crippen molar-refractivity contribution in [3.8, 4) is 0 Å². The number of hydrogen-bond acceptors (Lipinski definition) is 6. The van der Waals surface area contributed by atoms with E-state index in [2.05, 4.69) is 16.0 Å². The summed E-state index contributed by atoms with van der Waals surface area (Å²) in [5, 5.41) is 5.81. The predicted octanol–water partition coefficient (Wildman–Crippen LogP) is 1.88. The van der Waals surface area contributed by atoms with Gasteiger partial charge in [0, 0.05) is 6.42 Å². The molecule has 0 spiro atoms. The molecule has 8 nitrogen and oxygen atoms in total. The number of carbonyl (C=O) groups is 3. The third-order valence-electron chi connectivity index (χ3n) is 4.24. The number of aryl methyl sites for hydroxylation is 2. The number of benzene rings is 1. The van der Waals surface area contributed by atoms with E-state index in [0.29, 0.717) is 22.8 Å². The number of carbonyl (C=O) groups excluding carboxylic acids is 3. The summed E-state index contributed by atoms with van der Waals surface area (Å²) in [4.78, 5) is 36.5. The van der Waals surface area contributed by atoms with Crippen LogP contribution in [0.2, 0.25) is 0 Å². The second kappa shape index (κ2) is 7.45. The van der Waals surface area contributed by atoms with Crippen LogP contribution in [0, 0.1) is 13.8 Å². The number of hydrogen-bond donors (Lipinski definition) is 2. The smallest absolute Gasteiger partial charge is 0.285 e. The van der Waals surface area contributed by atoms with E-state index >= 15 is 0 Å². The first-order chi connectivity index (χ1) is 12.9. The predicted molar refractivity (Wildman–Crippen MR) is 99.2 cm³/mol. The van der Waals surface area contributed by atoms with Crippen LogP contribution in [0.3, 0.4) is 0 Å². The van der Waals surface area contributed by atoms with E-state index in [0.717, 1.165) is 0 Å². The minimum atomic E-state index is -0.564. The van der Waals surface area contributed by atoms with Gasteiger partial charge >= 0.3 is 0 Å². The molecule has 140 valence electrons. The zero-order chi connectivity index (χ0) is 19.6.